The highest BCUT2D eigenvalue weighted by Gasteiger charge is 2.21. The molecule has 0 bridgehead atoms. The molecule has 2 rings (SSSR count). The molecular weight excluding hydrogens is 242 g/mol. The van der Waals surface area contributed by atoms with Crippen molar-refractivity contribution < 1.29 is 14.2 Å². The lowest BCUT2D eigenvalue weighted by molar-refractivity contribution is 0.170. The average molecular weight is 265 g/mol. The second kappa shape index (κ2) is 7.36. The van der Waals surface area contributed by atoms with Crippen LogP contribution >= 0.6 is 0 Å². The van der Waals surface area contributed by atoms with Crippen LogP contribution in [0.5, 0.6) is 11.5 Å². The highest BCUT2D eigenvalue weighted by molar-refractivity contribution is 5.46. The van der Waals surface area contributed by atoms with Gasteiger partial charge in [-0.3, -0.25) is 0 Å². The van der Waals surface area contributed by atoms with E-state index in [1.165, 1.54) is 12.8 Å². The lowest BCUT2D eigenvalue weighted by Crippen LogP contribution is -2.16. The van der Waals surface area contributed by atoms with Crippen LogP contribution in [-0.4, -0.2) is 33.5 Å². The number of para-hydroxylation sites is 1. The maximum absolute atomic E-state index is 5.87. The standard InChI is InChI=1S/C15H23NO3/c1-17-9-4-10-19-15-12(11-16-13-7-8-13)5-3-6-14(15)18-2/h3,5-6,13,16H,4,7-11H2,1-2H3. The number of nitrogens with one attached hydrogen (secondary N) is 1. The third-order valence-corrected chi connectivity index (χ3v) is 3.18. The molecule has 0 radical (unpaired) electrons. The molecule has 0 atom stereocenters. The zero-order valence-corrected chi connectivity index (χ0v) is 11.8. The predicted octanol–water partition coefficient (Wildman–Crippen LogP) is 2.36. The Labute approximate surface area is 115 Å². The highest BCUT2D eigenvalue weighted by atomic mass is 16.5. The van der Waals surface area contributed by atoms with Crippen molar-refractivity contribution in [3.63, 3.8) is 0 Å². The van der Waals surface area contributed by atoms with Gasteiger partial charge in [0.1, 0.15) is 0 Å². The Morgan fingerprint density at radius 3 is 2.74 bits per heavy atom. The molecule has 4 heteroatoms. The minimum Gasteiger partial charge on any atom is -0.493 e. The van der Waals surface area contributed by atoms with E-state index >= 15 is 0 Å². The van der Waals surface area contributed by atoms with Crippen LogP contribution in [0.1, 0.15) is 24.8 Å². The fraction of sp³-hybridized carbons (Fsp3) is 0.600. The van der Waals surface area contributed by atoms with E-state index in [0.717, 1.165) is 30.0 Å². The van der Waals surface area contributed by atoms with Gasteiger partial charge in [0.15, 0.2) is 11.5 Å². The van der Waals surface area contributed by atoms with Crippen LogP contribution in [0.25, 0.3) is 0 Å². The molecule has 0 aliphatic heterocycles. The normalized spacial score (nSPS) is 14.4. The summed E-state index contributed by atoms with van der Waals surface area (Å²) >= 11 is 0. The second-order valence-electron chi connectivity index (χ2n) is 4.80. The van der Waals surface area contributed by atoms with E-state index in [2.05, 4.69) is 11.4 Å². The van der Waals surface area contributed by atoms with Crippen LogP contribution < -0.4 is 14.8 Å². The monoisotopic (exact) mass is 265 g/mol. The minimum atomic E-state index is 0.643. The number of hydrogen-bond donors (Lipinski definition) is 1. The summed E-state index contributed by atoms with van der Waals surface area (Å²) in [6.07, 6.45) is 3.45. The summed E-state index contributed by atoms with van der Waals surface area (Å²) in [5.41, 5.74) is 1.16. The SMILES string of the molecule is COCCCOc1c(CNC2CC2)cccc1OC. The van der Waals surface area contributed by atoms with Gasteiger partial charge in [0.2, 0.25) is 0 Å². The topological polar surface area (TPSA) is 39.7 Å². The minimum absolute atomic E-state index is 0.643. The largest absolute Gasteiger partial charge is 0.493 e. The molecule has 0 heterocycles. The Bertz CT molecular complexity index is 391. The van der Waals surface area contributed by atoms with Gasteiger partial charge in [0, 0.05) is 38.3 Å². The van der Waals surface area contributed by atoms with Crippen LogP contribution in [0.2, 0.25) is 0 Å². The fourth-order valence-electron chi connectivity index (χ4n) is 1.94. The summed E-state index contributed by atoms with van der Waals surface area (Å²) in [7, 11) is 3.38. The van der Waals surface area contributed by atoms with E-state index in [4.69, 9.17) is 14.2 Å². The summed E-state index contributed by atoms with van der Waals surface area (Å²) < 4.78 is 16.3. The Balaban J connectivity index is 1.97. The molecule has 1 N–H and O–H groups in total. The maximum Gasteiger partial charge on any atom is 0.165 e. The number of hydrogen-bond acceptors (Lipinski definition) is 4. The van der Waals surface area contributed by atoms with Gasteiger partial charge >= 0.3 is 0 Å². The summed E-state index contributed by atoms with van der Waals surface area (Å²) in [5.74, 6) is 1.65. The van der Waals surface area contributed by atoms with Crippen LogP contribution in [0, 0.1) is 0 Å². The molecule has 1 aromatic rings. The molecule has 106 valence electrons. The summed E-state index contributed by atoms with van der Waals surface area (Å²) in [6.45, 7) is 2.19. The van der Waals surface area contributed by atoms with Crippen molar-refractivity contribution in [3.8, 4) is 11.5 Å². The van der Waals surface area contributed by atoms with Crippen LogP contribution in [0.4, 0.5) is 0 Å². The molecule has 1 saturated carbocycles. The van der Waals surface area contributed by atoms with E-state index < -0.39 is 0 Å². The van der Waals surface area contributed by atoms with Crippen molar-refractivity contribution in [2.75, 3.05) is 27.4 Å². The second-order valence-corrected chi connectivity index (χ2v) is 4.80. The van der Waals surface area contributed by atoms with Gasteiger partial charge in [-0.25, -0.2) is 0 Å². The van der Waals surface area contributed by atoms with Gasteiger partial charge in [-0.15, -0.1) is 0 Å². The van der Waals surface area contributed by atoms with Crippen molar-refractivity contribution in [2.24, 2.45) is 0 Å². The number of benzene rings is 1. The number of ether oxygens (including phenoxy) is 3. The maximum atomic E-state index is 5.87. The predicted molar refractivity (Wildman–Crippen MR) is 74.8 cm³/mol. The van der Waals surface area contributed by atoms with Gasteiger partial charge in [-0.05, 0) is 18.9 Å². The quantitative estimate of drug-likeness (QED) is 0.696. The van der Waals surface area contributed by atoms with Gasteiger partial charge < -0.3 is 19.5 Å². The zero-order valence-electron chi connectivity index (χ0n) is 11.8. The van der Waals surface area contributed by atoms with E-state index in [0.29, 0.717) is 19.3 Å². The van der Waals surface area contributed by atoms with Gasteiger partial charge in [-0.1, -0.05) is 12.1 Å². The van der Waals surface area contributed by atoms with Gasteiger partial charge in [0.25, 0.3) is 0 Å². The highest BCUT2D eigenvalue weighted by Crippen LogP contribution is 2.32. The molecule has 1 aliphatic carbocycles. The fourth-order valence-corrected chi connectivity index (χ4v) is 1.94. The molecule has 0 amide bonds. The molecule has 1 fully saturated rings. The van der Waals surface area contributed by atoms with Crippen molar-refractivity contribution in [2.45, 2.75) is 31.8 Å². The molecule has 0 unspecified atom stereocenters. The Morgan fingerprint density at radius 1 is 1.21 bits per heavy atom. The first-order chi connectivity index (χ1) is 9.35. The summed E-state index contributed by atoms with van der Waals surface area (Å²) in [6, 6.07) is 6.72. The average Bonchev–Trinajstić information content (AvgIpc) is 3.26. The van der Waals surface area contributed by atoms with Crippen LogP contribution in [0.3, 0.4) is 0 Å². The summed E-state index contributed by atoms with van der Waals surface area (Å²) in [4.78, 5) is 0. The molecule has 1 aromatic carbocycles. The van der Waals surface area contributed by atoms with Gasteiger partial charge in [-0.2, -0.15) is 0 Å². The molecule has 19 heavy (non-hydrogen) atoms. The van der Waals surface area contributed by atoms with Gasteiger partial charge in [0.05, 0.1) is 13.7 Å². The lowest BCUT2D eigenvalue weighted by Gasteiger charge is -2.15. The van der Waals surface area contributed by atoms with E-state index in [-0.39, 0.29) is 0 Å². The third-order valence-electron chi connectivity index (χ3n) is 3.18. The smallest absolute Gasteiger partial charge is 0.165 e. The summed E-state index contributed by atoms with van der Waals surface area (Å²) in [5, 5.41) is 3.51. The Morgan fingerprint density at radius 2 is 2.05 bits per heavy atom. The molecule has 0 aromatic heterocycles. The van der Waals surface area contributed by atoms with Crippen molar-refractivity contribution in [3.05, 3.63) is 23.8 Å². The molecule has 1 aliphatic rings. The zero-order chi connectivity index (χ0) is 13.5. The first-order valence-electron chi connectivity index (χ1n) is 6.86. The number of methoxy groups -OCH3 is 2. The number of rotatable bonds is 9. The van der Waals surface area contributed by atoms with Crippen molar-refractivity contribution in [1.82, 2.24) is 5.32 Å². The van der Waals surface area contributed by atoms with Crippen molar-refractivity contribution in [1.29, 1.82) is 0 Å². The Hall–Kier alpha value is -1.26. The first-order valence-corrected chi connectivity index (χ1v) is 6.86. The van der Waals surface area contributed by atoms with E-state index in [1.54, 1.807) is 14.2 Å². The molecule has 4 nitrogen and oxygen atoms in total. The van der Waals surface area contributed by atoms with E-state index in [9.17, 15) is 0 Å². The lowest BCUT2D eigenvalue weighted by atomic mass is 10.2. The molecule has 0 saturated heterocycles. The van der Waals surface area contributed by atoms with Crippen LogP contribution in [-0.2, 0) is 11.3 Å². The molecule has 0 spiro atoms. The molecular formula is C15H23NO3. The van der Waals surface area contributed by atoms with E-state index in [1.807, 2.05) is 12.1 Å². The van der Waals surface area contributed by atoms with Crippen molar-refractivity contribution >= 4 is 0 Å². The first kappa shape index (κ1) is 14.2. The third kappa shape index (κ3) is 4.40. The van der Waals surface area contributed by atoms with Crippen LogP contribution in [0.15, 0.2) is 18.2 Å². The Kier molecular flexibility index (Phi) is 5.48.